The molecule has 0 bridgehead atoms. The first-order valence-electron chi connectivity index (χ1n) is 6.51. The summed E-state index contributed by atoms with van der Waals surface area (Å²) >= 11 is 0. The van der Waals surface area contributed by atoms with Crippen LogP contribution in [0.4, 0.5) is 11.6 Å². The minimum absolute atomic E-state index is 0.570. The van der Waals surface area contributed by atoms with Gasteiger partial charge in [-0.2, -0.15) is 5.10 Å². The molecule has 0 aliphatic carbocycles. The molecule has 6 nitrogen and oxygen atoms in total. The van der Waals surface area contributed by atoms with E-state index in [1.54, 1.807) is 4.68 Å². The molecule has 2 aromatic heterocycles. The van der Waals surface area contributed by atoms with Crippen LogP contribution in [0.2, 0.25) is 0 Å². The van der Waals surface area contributed by atoms with E-state index >= 15 is 0 Å². The Hall–Kier alpha value is -2.11. The van der Waals surface area contributed by atoms with Gasteiger partial charge in [-0.3, -0.25) is 4.68 Å². The van der Waals surface area contributed by atoms with E-state index in [-0.39, 0.29) is 0 Å². The Labute approximate surface area is 113 Å². The van der Waals surface area contributed by atoms with Crippen molar-refractivity contribution in [3.8, 4) is 0 Å². The van der Waals surface area contributed by atoms with Gasteiger partial charge in [0.05, 0.1) is 6.20 Å². The number of aryl methyl sites for hydroxylation is 1. The Kier molecular flexibility index (Phi) is 4.33. The number of nitrogens with zero attached hydrogens (tertiary/aromatic N) is 4. The summed E-state index contributed by atoms with van der Waals surface area (Å²) in [5, 5.41) is 7.48. The lowest BCUT2D eigenvalue weighted by Crippen LogP contribution is -2.11. The van der Waals surface area contributed by atoms with Crippen LogP contribution in [0.15, 0.2) is 18.7 Å². The second-order valence-electron chi connectivity index (χ2n) is 4.54. The molecule has 0 amide bonds. The summed E-state index contributed by atoms with van der Waals surface area (Å²) < 4.78 is 1.81. The van der Waals surface area contributed by atoms with E-state index in [1.165, 1.54) is 11.9 Å². The van der Waals surface area contributed by atoms with Crippen molar-refractivity contribution in [1.29, 1.82) is 0 Å². The summed E-state index contributed by atoms with van der Waals surface area (Å²) in [5.74, 6) is 1.42. The zero-order valence-corrected chi connectivity index (χ0v) is 11.4. The number of aromatic nitrogens is 4. The molecule has 0 aliphatic heterocycles. The predicted octanol–water partition coefficient (Wildman–Crippen LogP) is 1.40. The fourth-order valence-electron chi connectivity index (χ4n) is 2.00. The molecule has 102 valence electrons. The van der Waals surface area contributed by atoms with Gasteiger partial charge in [0, 0.05) is 25.4 Å². The smallest absolute Gasteiger partial charge is 0.134 e. The van der Waals surface area contributed by atoms with Crippen molar-refractivity contribution in [2.45, 2.75) is 26.2 Å². The number of hydrogen-bond acceptors (Lipinski definition) is 5. The number of nitrogens with two attached hydrogens (primary N) is 1. The predicted molar refractivity (Wildman–Crippen MR) is 75.8 cm³/mol. The number of rotatable bonds is 6. The third kappa shape index (κ3) is 3.43. The molecule has 0 saturated carbocycles. The van der Waals surface area contributed by atoms with Crippen LogP contribution in [0.25, 0.3) is 0 Å². The van der Waals surface area contributed by atoms with E-state index in [9.17, 15) is 0 Å². The first kappa shape index (κ1) is 13.3. The molecule has 3 N–H and O–H groups in total. The fraction of sp³-hybridized carbons (Fsp3) is 0.462. The number of nitrogens with one attached hydrogen (secondary N) is 1. The Morgan fingerprint density at radius 3 is 2.84 bits per heavy atom. The fourth-order valence-corrected chi connectivity index (χ4v) is 2.00. The summed E-state index contributed by atoms with van der Waals surface area (Å²) in [7, 11) is 1.92. The van der Waals surface area contributed by atoms with Gasteiger partial charge in [-0.05, 0) is 18.4 Å². The zero-order chi connectivity index (χ0) is 13.7. The van der Waals surface area contributed by atoms with Crippen molar-refractivity contribution >= 4 is 11.6 Å². The van der Waals surface area contributed by atoms with Gasteiger partial charge in [-0.1, -0.05) is 13.3 Å². The van der Waals surface area contributed by atoms with Gasteiger partial charge in [0.2, 0.25) is 0 Å². The van der Waals surface area contributed by atoms with Gasteiger partial charge >= 0.3 is 0 Å². The van der Waals surface area contributed by atoms with Crippen LogP contribution in [-0.2, 0) is 19.9 Å². The lowest BCUT2D eigenvalue weighted by molar-refractivity contribution is 0.766. The van der Waals surface area contributed by atoms with Crippen LogP contribution >= 0.6 is 0 Å². The van der Waals surface area contributed by atoms with Crippen LogP contribution in [0.1, 0.15) is 24.5 Å². The second-order valence-corrected chi connectivity index (χ2v) is 4.54. The minimum atomic E-state index is 0.570. The number of anilines is 2. The Morgan fingerprint density at radius 1 is 1.32 bits per heavy atom. The maximum Gasteiger partial charge on any atom is 0.134 e. The summed E-state index contributed by atoms with van der Waals surface area (Å²) in [6.07, 6.45) is 8.22. The average Bonchev–Trinajstić information content (AvgIpc) is 2.79. The average molecular weight is 260 g/mol. The monoisotopic (exact) mass is 260 g/mol. The van der Waals surface area contributed by atoms with E-state index in [0.717, 1.165) is 37.2 Å². The second kappa shape index (κ2) is 6.17. The van der Waals surface area contributed by atoms with Gasteiger partial charge in [0.15, 0.2) is 0 Å². The molecule has 0 radical (unpaired) electrons. The van der Waals surface area contributed by atoms with Crippen LogP contribution in [-0.4, -0.2) is 26.3 Å². The molecule has 0 spiro atoms. The maximum absolute atomic E-state index is 5.89. The third-order valence-corrected chi connectivity index (χ3v) is 2.94. The molecule has 0 aliphatic rings. The van der Waals surface area contributed by atoms with E-state index < -0.39 is 0 Å². The summed E-state index contributed by atoms with van der Waals surface area (Å²) in [5.41, 5.74) is 8.10. The van der Waals surface area contributed by atoms with Crippen LogP contribution < -0.4 is 11.1 Å². The molecular weight excluding hydrogens is 240 g/mol. The van der Waals surface area contributed by atoms with Crippen LogP contribution in [0.5, 0.6) is 0 Å². The molecule has 2 aromatic rings. The molecule has 2 rings (SSSR count). The van der Waals surface area contributed by atoms with E-state index in [1.807, 2.05) is 19.4 Å². The molecule has 0 unspecified atom stereocenters. The summed E-state index contributed by atoms with van der Waals surface area (Å²) in [4.78, 5) is 8.31. The quantitative estimate of drug-likeness (QED) is 0.820. The Morgan fingerprint density at radius 2 is 2.16 bits per heavy atom. The SMILES string of the molecule is CCCc1c(N)ncnc1NCCc1cnn(C)c1. The van der Waals surface area contributed by atoms with Crippen molar-refractivity contribution in [1.82, 2.24) is 19.7 Å². The Bertz CT molecular complexity index is 534. The van der Waals surface area contributed by atoms with Crippen molar-refractivity contribution in [2.24, 2.45) is 7.05 Å². The standard InChI is InChI=1S/C13H20N6/c1-3-4-11-12(14)16-9-17-13(11)15-6-5-10-7-18-19(2)8-10/h7-9H,3-6H2,1-2H3,(H3,14,15,16,17). The van der Waals surface area contributed by atoms with Gasteiger partial charge in [-0.25, -0.2) is 9.97 Å². The van der Waals surface area contributed by atoms with Gasteiger partial charge < -0.3 is 11.1 Å². The maximum atomic E-state index is 5.89. The van der Waals surface area contributed by atoms with E-state index in [2.05, 4.69) is 27.3 Å². The van der Waals surface area contributed by atoms with Crippen molar-refractivity contribution in [3.05, 3.63) is 29.8 Å². The number of nitrogen functional groups attached to an aromatic ring is 1. The highest BCUT2D eigenvalue weighted by Crippen LogP contribution is 2.18. The number of hydrogen-bond donors (Lipinski definition) is 2. The first-order valence-corrected chi connectivity index (χ1v) is 6.51. The van der Waals surface area contributed by atoms with E-state index in [0.29, 0.717) is 5.82 Å². The van der Waals surface area contributed by atoms with Crippen molar-refractivity contribution < 1.29 is 0 Å². The molecule has 2 heterocycles. The third-order valence-electron chi connectivity index (χ3n) is 2.94. The normalized spacial score (nSPS) is 10.6. The largest absolute Gasteiger partial charge is 0.383 e. The highest BCUT2D eigenvalue weighted by molar-refractivity contribution is 5.54. The minimum Gasteiger partial charge on any atom is -0.383 e. The summed E-state index contributed by atoms with van der Waals surface area (Å²) in [6.45, 7) is 2.92. The highest BCUT2D eigenvalue weighted by Gasteiger charge is 2.07. The zero-order valence-electron chi connectivity index (χ0n) is 11.4. The van der Waals surface area contributed by atoms with Crippen LogP contribution in [0, 0.1) is 0 Å². The molecule has 19 heavy (non-hydrogen) atoms. The van der Waals surface area contributed by atoms with Gasteiger partial charge in [0.1, 0.15) is 18.0 Å². The molecule has 6 heteroatoms. The van der Waals surface area contributed by atoms with Crippen LogP contribution in [0.3, 0.4) is 0 Å². The first-order chi connectivity index (χ1) is 9.20. The van der Waals surface area contributed by atoms with Gasteiger partial charge in [-0.15, -0.1) is 0 Å². The Balaban J connectivity index is 1.97. The molecule has 0 aromatic carbocycles. The molecule has 0 fully saturated rings. The topological polar surface area (TPSA) is 81.7 Å². The van der Waals surface area contributed by atoms with Gasteiger partial charge in [0.25, 0.3) is 0 Å². The molecule has 0 saturated heterocycles. The highest BCUT2D eigenvalue weighted by atomic mass is 15.2. The van der Waals surface area contributed by atoms with Crippen molar-refractivity contribution in [2.75, 3.05) is 17.6 Å². The van der Waals surface area contributed by atoms with Crippen molar-refractivity contribution in [3.63, 3.8) is 0 Å². The molecular formula is C13H20N6. The lowest BCUT2D eigenvalue weighted by atomic mass is 10.1. The molecule has 0 atom stereocenters. The van der Waals surface area contributed by atoms with E-state index in [4.69, 9.17) is 5.73 Å². The lowest BCUT2D eigenvalue weighted by Gasteiger charge is -2.11. The summed E-state index contributed by atoms with van der Waals surface area (Å²) in [6, 6.07) is 0.